The number of aliphatic hydroxyl groups excluding tert-OH is 3. The second-order valence-corrected chi connectivity index (χ2v) is 5.66. The van der Waals surface area contributed by atoms with Crippen molar-refractivity contribution in [1.29, 1.82) is 0 Å². The van der Waals surface area contributed by atoms with Crippen LogP contribution in [-0.4, -0.2) is 63.8 Å². The maximum absolute atomic E-state index is 10.2. The number of fused-ring (bicyclic) bond motifs is 1. The summed E-state index contributed by atoms with van der Waals surface area (Å²) in [5.41, 5.74) is 1.01. The lowest BCUT2D eigenvalue weighted by Gasteiger charge is -2.43. The SMILES string of the molecule is O[C@H]1[C@H](OCc2ccccc2)[C@H]2[C@@H](O)CCN2C[C@@H]1O. The largest absolute Gasteiger partial charge is 0.391 e. The number of aliphatic hydroxyl groups is 3. The van der Waals surface area contributed by atoms with Crippen LogP contribution in [0.3, 0.4) is 0 Å². The van der Waals surface area contributed by atoms with Gasteiger partial charge < -0.3 is 20.1 Å². The summed E-state index contributed by atoms with van der Waals surface area (Å²) in [6.07, 6.45) is -2.17. The van der Waals surface area contributed by atoms with Crippen LogP contribution in [0.1, 0.15) is 12.0 Å². The molecular weight excluding hydrogens is 258 g/mol. The van der Waals surface area contributed by atoms with Crippen molar-refractivity contribution >= 4 is 0 Å². The van der Waals surface area contributed by atoms with E-state index in [-0.39, 0.29) is 6.04 Å². The van der Waals surface area contributed by atoms with Crippen LogP contribution in [0.4, 0.5) is 0 Å². The smallest absolute Gasteiger partial charge is 0.109 e. The summed E-state index contributed by atoms with van der Waals surface area (Å²) in [4.78, 5) is 2.01. The average molecular weight is 279 g/mol. The highest BCUT2D eigenvalue weighted by molar-refractivity contribution is 5.13. The van der Waals surface area contributed by atoms with Crippen molar-refractivity contribution in [1.82, 2.24) is 4.90 Å². The van der Waals surface area contributed by atoms with Crippen molar-refractivity contribution in [3.8, 4) is 0 Å². The van der Waals surface area contributed by atoms with Crippen LogP contribution in [0, 0.1) is 0 Å². The molecule has 1 aromatic carbocycles. The first-order valence-electron chi connectivity index (χ1n) is 7.10. The van der Waals surface area contributed by atoms with Crippen LogP contribution in [0.5, 0.6) is 0 Å². The molecule has 0 unspecified atom stereocenters. The Morgan fingerprint density at radius 3 is 2.60 bits per heavy atom. The fourth-order valence-corrected chi connectivity index (χ4v) is 3.23. The fourth-order valence-electron chi connectivity index (χ4n) is 3.23. The van der Waals surface area contributed by atoms with Crippen LogP contribution in [0.2, 0.25) is 0 Å². The number of hydrogen-bond acceptors (Lipinski definition) is 5. The third-order valence-corrected chi connectivity index (χ3v) is 4.30. The first kappa shape index (κ1) is 14.0. The van der Waals surface area contributed by atoms with E-state index < -0.39 is 24.4 Å². The molecule has 0 aromatic heterocycles. The average Bonchev–Trinajstić information content (AvgIpc) is 2.82. The van der Waals surface area contributed by atoms with E-state index in [0.29, 0.717) is 19.6 Å². The molecule has 2 fully saturated rings. The fraction of sp³-hybridized carbons (Fsp3) is 0.600. The molecule has 20 heavy (non-hydrogen) atoms. The molecule has 0 radical (unpaired) electrons. The lowest BCUT2D eigenvalue weighted by molar-refractivity contribution is -0.167. The van der Waals surface area contributed by atoms with Gasteiger partial charge in [0.25, 0.3) is 0 Å². The van der Waals surface area contributed by atoms with E-state index >= 15 is 0 Å². The highest BCUT2D eigenvalue weighted by Gasteiger charge is 2.48. The number of piperidine rings is 1. The molecule has 5 heteroatoms. The summed E-state index contributed by atoms with van der Waals surface area (Å²) in [6, 6.07) is 9.48. The van der Waals surface area contributed by atoms with Gasteiger partial charge in [-0.3, -0.25) is 4.90 Å². The zero-order valence-corrected chi connectivity index (χ0v) is 11.3. The Balaban J connectivity index is 1.71. The number of nitrogens with zero attached hydrogens (tertiary/aromatic N) is 1. The predicted molar refractivity (Wildman–Crippen MR) is 73.0 cm³/mol. The van der Waals surface area contributed by atoms with Gasteiger partial charge in [0.15, 0.2) is 0 Å². The minimum absolute atomic E-state index is 0.225. The number of hydrogen-bond donors (Lipinski definition) is 3. The van der Waals surface area contributed by atoms with Crippen molar-refractivity contribution in [3.05, 3.63) is 35.9 Å². The molecule has 5 nitrogen and oxygen atoms in total. The molecular formula is C15H21NO4. The first-order chi connectivity index (χ1) is 9.66. The van der Waals surface area contributed by atoms with E-state index in [0.717, 1.165) is 12.1 Å². The van der Waals surface area contributed by atoms with Gasteiger partial charge in [0.1, 0.15) is 12.2 Å². The summed E-state index contributed by atoms with van der Waals surface area (Å²) in [7, 11) is 0. The Bertz CT molecular complexity index is 441. The van der Waals surface area contributed by atoms with Gasteiger partial charge in [-0.05, 0) is 12.0 Å². The maximum Gasteiger partial charge on any atom is 0.109 e. The third-order valence-electron chi connectivity index (χ3n) is 4.30. The van der Waals surface area contributed by atoms with Crippen LogP contribution in [0.25, 0.3) is 0 Å². The highest BCUT2D eigenvalue weighted by atomic mass is 16.5. The van der Waals surface area contributed by atoms with Gasteiger partial charge in [-0.2, -0.15) is 0 Å². The summed E-state index contributed by atoms with van der Waals surface area (Å²) in [5, 5.41) is 30.2. The van der Waals surface area contributed by atoms with Crippen LogP contribution >= 0.6 is 0 Å². The molecule has 0 amide bonds. The molecule has 1 aromatic rings. The van der Waals surface area contributed by atoms with Gasteiger partial charge >= 0.3 is 0 Å². The standard InChI is InChI=1S/C15H21NO4/c17-11-6-7-16-8-12(18)14(19)15(13(11)16)20-9-10-4-2-1-3-5-10/h1-5,11-15,17-19H,6-9H2/t11-,12-,13+,14+,15+/m0/s1. The summed E-state index contributed by atoms with van der Waals surface area (Å²) in [6.45, 7) is 1.50. The quantitative estimate of drug-likeness (QED) is 0.711. The van der Waals surface area contributed by atoms with Crippen molar-refractivity contribution in [2.75, 3.05) is 13.1 Å². The van der Waals surface area contributed by atoms with Crippen molar-refractivity contribution in [3.63, 3.8) is 0 Å². The lowest BCUT2D eigenvalue weighted by Crippen LogP contribution is -2.62. The van der Waals surface area contributed by atoms with Gasteiger partial charge in [0.05, 0.1) is 24.9 Å². The van der Waals surface area contributed by atoms with Gasteiger partial charge in [-0.15, -0.1) is 0 Å². The summed E-state index contributed by atoms with van der Waals surface area (Å²) < 4.78 is 5.82. The monoisotopic (exact) mass is 279 g/mol. The van der Waals surface area contributed by atoms with Crippen molar-refractivity contribution in [2.24, 2.45) is 0 Å². The number of ether oxygens (including phenoxy) is 1. The molecule has 0 spiro atoms. The van der Waals surface area contributed by atoms with Crippen LogP contribution in [0.15, 0.2) is 30.3 Å². The molecule has 0 bridgehead atoms. The lowest BCUT2D eigenvalue weighted by atomic mass is 9.92. The van der Waals surface area contributed by atoms with Gasteiger partial charge in [0, 0.05) is 13.1 Å². The number of rotatable bonds is 3. The number of benzene rings is 1. The molecule has 2 aliphatic rings. The molecule has 0 aliphatic carbocycles. The highest BCUT2D eigenvalue weighted by Crippen LogP contribution is 2.30. The second kappa shape index (κ2) is 5.79. The molecule has 2 heterocycles. The van der Waals surface area contributed by atoms with E-state index in [1.54, 1.807) is 0 Å². The van der Waals surface area contributed by atoms with Crippen LogP contribution in [-0.2, 0) is 11.3 Å². The van der Waals surface area contributed by atoms with E-state index in [4.69, 9.17) is 4.74 Å². The molecule has 110 valence electrons. The third kappa shape index (κ3) is 2.60. The van der Waals surface area contributed by atoms with Gasteiger partial charge in [-0.1, -0.05) is 30.3 Å². The summed E-state index contributed by atoms with van der Waals surface area (Å²) >= 11 is 0. The van der Waals surface area contributed by atoms with E-state index in [1.807, 2.05) is 35.2 Å². The second-order valence-electron chi connectivity index (χ2n) is 5.66. The first-order valence-corrected chi connectivity index (χ1v) is 7.10. The Labute approximate surface area is 118 Å². The zero-order chi connectivity index (χ0) is 14.1. The molecule has 5 atom stereocenters. The van der Waals surface area contributed by atoms with Gasteiger partial charge in [0.2, 0.25) is 0 Å². The summed E-state index contributed by atoms with van der Waals surface area (Å²) in [5.74, 6) is 0. The van der Waals surface area contributed by atoms with Crippen molar-refractivity contribution in [2.45, 2.75) is 43.5 Å². The molecule has 2 saturated heterocycles. The van der Waals surface area contributed by atoms with E-state index in [9.17, 15) is 15.3 Å². The van der Waals surface area contributed by atoms with Crippen LogP contribution < -0.4 is 0 Å². The minimum atomic E-state index is -0.951. The molecule has 3 N–H and O–H groups in total. The maximum atomic E-state index is 10.2. The Morgan fingerprint density at radius 2 is 1.85 bits per heavy atom. The topological polar surface area (TPSA) is 73.2 Å². The normalized spacial score (nSPS) is 37.9. The minimum Gasteiger partial charge on any atom is -0.391 e. The van der Waals surface area contributed by atoms with E-state index in [2.05, 4.69) is 0 Å². The van der Waals surface area contributed by atoms with E-state index in [1.165, 1.54) is 0 Å². The van der Waals surface area contributed by atoms with Gasteiger partial charge in [-0.25, -0.2) is 0 Å². The molecule has 0 saturated carbocycles. The molecule has 2 aliphatic heterocycles. The van der Waals surface area contributed by atoms with Crippen molar-refractivity contribution < 1.29 is 20.1 Å². The Kier molecular flexibility index (Phi) is 4.05. The Morgan fingerprint density at radius 1 is 1.10 bits per heavy atom. The Hall–Kier alpha value is -0.980. The zero-order valence-electron chi connectivity index (χ0n) is 11.3. The molecule has 3 rings (SSSR count). The predicted octanol–water partition coefficient (Wildman–Crippen LogP) is -0.258.